The van der Waals surface area contributed by atoms with Gasteiger partial charge in [0.1, 0.15) is 0 Å². The molecule has 0 radical (unpaired) electrons. The van der Waals surface area contributed by atoms with Crippen molar-refractivity contribution in [3.05, 3.63) is 0 Å². The van der Waals surface area contributed by atoms with Crippen LogP contribution >= 0.6 is 0 Å². The van der Waals surface area contributed by atoms with Crippen molar-refractivity contribution in [1.29, 1.82) is 0 Å². The second kappa shape index (κ2) is 4.13. The maximum Gasteiger partial charge on any atom is 0.320 e. The van der Waals surface area contributed by atoms with Crippen LogP contribution in [0.25, 0.3) is 0 Å². The highest BCUT2D eigenvalue weighted by Gasteiger charge is 2.34. The molecule has 0 heterocycles. The van der Waals surface area contributed by atoms with Gasteiger partial charge in [-0.1, -0.05) is 0 Å². The highest BCUT2D eigenvalue weighted by molar-refractivity contribution is 6.80. The number of hydrogen-bond acceptors (Lipinski definition) is 4. The van der Waals surface area contributed by atoms with Gasteiger partial charge in [0.15, 0.2) is 0 Å². The molecule has 0 aliphatic carbocycles. The summed E-state index contributed by atoms with van der Waals surface area (Å²) >= 11 is 0. The van der Waals surface area contributed by atoms with E-state index in [9.17, 15) is 4.80 Å². The quantitative estimate of drug-likeness (QED) is 0.675. The fraction of sp³-hybridized carbons (Fsp3) is 1.00. The average molecular weight is 226 g/mol. The molecule has 0 aliphatic heterocycles. The molecule has 0 aromatic carbocycles. The van der Waals surface area contributed by atoms with Crippen molar-refractivity contribution in [3.8, 4) is 0 Å². The summed E-state index contributed by atoms with van der Waals surface area (Å²) in [6, 6.07) is 0. The molecule has 4 nitrogen and oxygen atoms in total. The largest absolute Gasteiger partial charge is 0.418 e. The molecule has 0 aromatic rings. The van der Waals surface area contributed by atoms with E-state index in [4.69, 9.17) is 13.0 Å². The summed E-state index contributed by atoms with van der Waals surface area (Å²) in [5.74, 6) is 0. The maximum absolute atomic E-state index is 9.47. The van der Waals surface area contributed by atoms with E-state index >= 15 is 0 Å². The molecule has 0 saturated carbocycles. The first kappa shape index (κ1) is 12.5. The molecule has 0 saturated heterocycles. The topological polar surface area (TPSA) is 58.9 Å². The summed E-state index contributed by atoms with van der Waals surface area (Å²) in [7, 11) is -6.83. The standard InChI is InChI=1S/C5H18O4Si3/c1-10(6)8-12(4,5)9-11(2,3)7/h6-7,10H,1-5H3. The van der Waals surface area contributed by atoms with Crippen molar-refractivity contribution >= 4 is 26.4 Å². The Kier molecular flexibility index (Phi) is 4.30. The Bertz CT molecular complexity index is 142. The molecule has 0 aromatic heterocycles. The van der Waals surface area contributed by atoms with Crippen LogP contribution in [0.4, 0.5) is 0 Å². The lowest BCUT2D eigenvalue weighted by atomic mass is 11.9. The van der Waals surface area contributed by atoms with Gasteiger partial charge in [0.2, 0.25) is 0 Å². The molecule has 2 N–H and O–H groups in total. The van der Waals surface area contributed by atoms with E-state index in [0.29, 0.717) is 0 Å². The van der Waals surface area contributed by atoms with Crippen molar-refractivity contribution in [1.82, 2.24) is 0 Å². The molecule has 12 heavy (non-hydrogen) atoms. The van der Waals surface area contributed by atoms with E-state index < -0.39 is 26.4 Å². The van der Waals surface area contributed by atoms with Crippen LogP contribution in [-0.2, 0) is 8.23 Å². The van der Waals surface area contributed by atoms with Crippen LogP contribution in [0.15, 0.2) is 0 Å². The lowest BCUT2D eigenvalue weighted by molar-refractivity contribution is 0.306. The molecule has 0 rings (SSSR count). The van der Waals surface area contributed by atoms with Crippen LogP contribution in [0.2, 0.25) is 32.7 Å². The molecule has 1 unspecified atom stereocenters. The molecule has 7 heteroatoms. The van der Waals surface area contributed by atoms with Gasteiger partial charge in [-0.25, -0.2) is 0 Å². The van der Waals surface area contributed by atoms with Crippen LogP contribution in [0, 0.1) is 0 Å². The highest BCUT2D eigenvalue weighted by Crippen LogP contribution is 2.13. The Hall–Kier alpha value is 0.491. The molecule has 0 amide bonds. The molecular weight excluding hydrogens is 208 g/mol. The van der Waals surface area contributed by atoms with Gasteiger partial charge in [-0.15, -0.1) is 0 Å². The second-order valence-electron chi connectivity index (χ2n) is 3.67. The third-order valence-corrected chi connectivity index (χ3v) is 8.55. The average Bonchev–Trinajstić information content (AvgIpc) is 1.48. The predicted octanol–water partition coefficient (Wildman–Crippen LogP) is 0.258. The number of rotatable bonds is 4. The van der Waals surface area contributed by atoms with Gasteiger partial charge >= 0.3 is 26.4 Å². The molecule has 0 spiro atoms. The Morgan fingerprint density at radius 1 is 1.17 bits per heavy atom. The minimum atomic E-state index is -2.51. The monoisotopic (exact) mass is 226 g/mol. The Morgan fingerprint density at radius 2 is 1.58 bits per heavy atom. The summed E-state index contributed by atoms with van der Waals surface area (Å²) in [5.41, 5.74) is 0. The van der Waals surface area contributed by atoms with Crippen molar-refractivity contribution in [2.75, 3.05) is 0 Å². The van der Waals surface area contributed by atoms with E-state index in [2.05, 4.69) is 0 Å². The van der Waals surface area contributed by atoms with E-state index in [-0.39, 0.29) is 0 Å². The maximum atomic E-state index is 9.47. The zero-order chi connectivity index (χ0) is 9.99. The van der Waals surface area contributed by atoms with Gasteiger partial charge in [0.25, 0.3) is 0 Å². The van der Waals surface area contributed by atoms with E-state index in [1.165, 1.54) is 0 Å². The van der Waals surface area contributed by atoms with Crippen LogP contribution in [0.1, 0.15) is 0 Å². The minimum absolute atomic E-state index is 1.67. The van der Waals surface area contributed by atoms with Gasteiger partial charge in [-0.2, -0.15) is 0 Å². The highest BCUT2D eigenvalue weighted by atomic mass is 28.5. The molecule has 0 bridgehead atoms. The SMILES string of the molecule is C[SiH](O)O[Si](C)(C)O[Si](C)(C)O. The van der Waals surface area contributed by atoms with E-state index in [0.717, 1.165) is 0 Å². The third kappa shape index (κ3) is 7.16. The van der Waals surface area contributed by atoms with Gasteiger partial charge in [0.05, 0.1) is 0 Å². The van der Waals surface area contributed by atoms with E-state index in [1.807, 2.05) is 13.1 Å². The lowest BCUT2D eigenvalue weighted by Gasteiger charge is -2.30. The van der Waals surface area contributed by atoms with Crippen LogP contribution in [0.3, 0.4) is 0 Å². The number of hydrogen-bond donors (Lipinski definition) is 2. The Labute approximate surface area is 77.5 Å². The minimum Gasteiger partial charge on any atom is -0.418 e. The summed E-state index contributed by atoms with van der Waals surface area (Å²) in [6.45, 7) is 8.71. The van der Waals surface area contributed by atoms with E-state index in [1.54, 1.807) is 19.6 Å². The summed E-state index contributed by atoms with van der Waals surface area (Å²) < 4.78 is 10.7. The molecule has 0 aliphatic rings. The first-order valence-electron chi connectivity index (χ1n) is 3.91. The van der Waals surface area contributed by atoms with Gasteiger partial charge < -0.3 is 17.8 Å². The fourth-order valence-electron chi connectivity index (χ4n) is 1.04. The second-order valence-corrected chi connectivity index (χ2v) is 12.3. The Balaban J connectivity index is 4.04. The summed E-state index contributed by atoms with van der Waals surface area (Å²) in [5, 5.41) is 0. The van der Waals surface area contributed by atoms with Gasteiger partial charge in [-0.3, -0.25) is 0 Å². The smallest absolute Gasteiger partial charge is 0.320 e. The van der Waals surface area contributed by atoms with Crippen LogP contribution in [0.5, 0.6) is 0 Å². The predicted molar refractivity (Wildman–Crippen MR) is 54.6 cm³/mol. The normalized spacial score (nSPS) is 16.2. The molecule has 1 atom stereocenters. The molecule has 74 valence electrons. The van der Waals surface area contributed by atoms with Crippen LogP contribution in [-0.4, -0.2) is 36.0 Å². The van der Waals surface area contributed by atoms with Crippen molar-refractivity contribution in [3.63, 3.8) is 0 Å². The fourth-order valence-corrected chi connectivity index (χ4v) is 9.76. The third-order valence-electron chi connectivity index (χ3n) is 0.950. The van der Waals surface area contributed by atoms with Crippen LogP contribution < -0.4 is 0 Å². The zero-order valence-electron chi connectivity index (χ0n) is 8.29. The van der Waals surface area contributed by atoms with Gasteiger partial charge in [-0.05, 0) is 32.7 Å². The van der Waals surface area contributed by atoms with Gasteiger partial charge in [0, 0.05) is 0 Å². The lowest BCUT2D eigenvalue weighted by Crippen LogP contribution is -2.49. The molecular formula is C5H18O4Si3. The molecule has 0 fully saturated rings. The summed E-state index contributed by atoms with van der Waals surface area (Å²) in [4.78, 5) is 18.6. The van der Waals surface area contributed by atoms with Crippen molar-refractivity contribution < 1.29 is 17.8 Å². The van der Waals surface area contributed by atoms with Crippen molar-refractivity contribution in [2.45, 2.75) is 32.7 Å². The Morgan fingerprint density at radius 3 is 1.83 bits per heavy atom. The summed E-state index contributed by atoms with van der Waals surface area (Å²) in [6.07, 6.45) is 0. The zero-order valence-corrected chi connectivity index (χ0v) is 11.4. The van der Waals surface area contributed by atoms with Crippen molar-refractivity contribution in [2.24, 2.45) is 0 Å². The first-order chi connectivity index (χ1) is 5.12. The first-order valence-corrected chi connectivity index (χ1v) is 11.7.